The third kappa shape index (κ3) is 3.16. The van der Waals surface area contributed by atoms with E-state index in [4.69, 9.17) is 5.11 Å². The fourth-order valence-corrected chi connectivity index (χ4v) is 2.36. The topological polar surface area (TPSA) is 67.2 Å². The highest BCUT2D eigenvalue weighted by Crippen LogP contribution is 2.27. The van der Waals surface area contributed by atoms with E-state index in [1.165, 1.54) is 12.1 Å². The van der Waals surface area contributed by atoms with Crippen LogP contribution in [0.25, 0.3) is 0 Å². The molecule has 0 aliphatic rings. The lowest BCUT2D eigenvalue weighted by atomic mass is 10.2. The maximum atomic E-state index is 14.1. The van der Waals surface area contributed by atoms with Gasteiger partial charge in [0.15, 0.2) is 5.82 Å². The van der Waals surface area contributed by atoms with E-state index in [-0.39, 0.29) is 21.8 Å². The van der Waals surface area contributed by atoms with Crippen molar-refractivity contribution in [1.29, 1.82) is 0 Å². The molecule has 2 aromatic rings. The zero-order valence-corrected chi connectivity index (χ0v) is 12.3. The summed E-state index contributed by atoms with van der Waals surface area (Å²) in [6.07, 6.45) is 5.17. The van der Waals surface area contributed by atoms with Crippen molar-refractivity contribution >= 4 is 27.6 Å². The fourth-order valence-electron chi connectivity index (χ4n) is 1.85. The first-order chi connectivity index (χ1) is 9.49. The van der Waals surface area contributed by atoms with Gasteiger partial charge in [-0.2, -0.15) is 0 Å². The highest BCUT2D eigenvalue weighted by atomic mass is 79.9. The molecular formula is C13H13BrFN3O2. The molecule has 0 fully saturated rings. The second-order valence-electron chi connectivity index (χ2n) is 4.40. The molecule has 0 radical (unpaired) electrons. The SMILES string of the molecule is CC(Cn1ccnc1)Nc1ccc(C(=O)O)c(Br)c1F. The van der Waals surface area contributed by atoms with E-state index in [1.54, 1.807) is 12.5 Å². The minimum absolute atomic E-state index is 0.0405. The number of nitrogens with one attached hydrogen (secondary N) is 1. The van der Waals surface area contributed by atoms with Gasteiger partial charge in [0.1, 0.15) is 0 Å². The van der Waals surface area contributed by atoms with E-state index in [0.29, 0.717) is 6.54 Å². The average Bonchev–Trinajstić information content (AvgIpc) is 2.87. The number of hydrogen-bond acceptors (Lipinski definition) is 3. The normalized spacial score (nSPS) is 12.2. The lowest BCUT2D eigenvalue weighted by Crippen LogP contribution is -2.22. The fraction of sp³-hybridized carbons (Fsp3) is 0.231. The number of carboxylic acids is 1. The smallest absolute Gasteiger partial charge is 0.336 e. The Balaban J connectivity index is 2.13. The predicted octanol–water partition coefficient (Wildman–Crippen LogP) is 2.98. The first-order valence-corrected chi connectivity index (χ1v) is 6.72. The molecule has 1 aromatic carbocycles. The summed E-state index contributed by atoms with van der Waals surface area (Å²) in [4.78, 5) is 14.8. The number of rotatable bonds is 5. The number of hydrogen-bond donors (Lipinski definition) is 2. The van der Waals surface area contributed by atoms with Crippen molar-refractivity contribution in [3.05, 3.63) is 46.7 Å². The molecule has 5 nitrogen and oxygen atoms in total. The quantitative estimate of drug-likeness (QED) is 0.877. The maximum Gasteiger partial charge on any atom is 0.336 e. The number of halogens is 2. The minimum atomic E-state index is -1.17. The molecule has 0 saturated carbocycles. The molecule has 20 heavy (non-hydrogen) atoms. The zero-order chi connectivity index (χ0) is 14.7. The van der Waals surface area contributed by atoms with Gasteiger partial charge < -0.3 is 15.0 Å². The standard InChI is InChI=1S/C13H13BrFN3O2/c1-8(6-18-5-4-16-7-18)17-10-3-2-9(13(19)20)11(14)12(10)15/h2-5,7-8,17H,6H2,1H3,(H,19,20). The molecule has 0 amide bonds. The van der Waals surface area contributed by atoms with Crippen molar-refractivity contribution in [2.45, 2.75) is 19.5 Å². The molecule has 7 heteroatoms. The predicted molar refractivity (Wildman–Crippen MR) is 76.4 cm³/mol. The van der Waals surface area contributed by atoms with Gasteiger partial charge in [0.05, 0.1) is 22.1 Å². The van der Waals surface area contributed by atoms with Gasteiger partial charge in [-0.15, -0.1) is 0 Å². The minimum Gasteiger partial charge on any atom is -0.478 e. The molecule has 1 aromatic heterocycles. The highest BCUT2D eigenvalue weighted by molar-refractivity contribution is 9.10. The van der Waals surface area contributed by atoms with Crippen molar-refractivity contribution in [3.8, 4) is 0 Å². The lowest BCUT2D eigenvalue weighted by Gasteiger charge is -2.17. The van der Waals surface area contributed by atoms with Crippen LogP contribution < -0.4 is 5.32 Å². The zero-order valence-electron chi connectivity index (χ0n) is 10.7. The van der Waals surface area contributed by atoms with Crippen molar-refractivity contribution in [1.82, 2.24) is 9.55 Å². The first kappa shape index (κ1) is 14.5. The van der Waals surface area contributed by atoms with E-state index in [0.717, 1.165) is 0 Å². The third-order valence-corrected chi connectivity index (χ3v) is 3.53. The Bertz CT molecular complexity index is 616. The number of aromatic nitrogens is 2. The molecule has 2 N–H and O–H groups in total. The largest absolute Gasteiger partial charge is 0.478 e. The second-order valence-corrected chi connectivity index (χ2v) is 5.19. The molecule has 0 saturated heterocycles. The molecule has 1 atom stereocenters. The molecule has 1 unspecified atom stereocenters. The van der Waals surface area contributed by atoms with Gasteiger partial charge in [-0.05, 0) is 35.0 Å². The van der Waals surface area contributed by atoms with Gasteiger partial charge in [-0.1, -0.05) is 0 Å². The van der Waals surface area contributed by atoms with Crippen LogP contribution in [0, 0.1) is 5.82 Å². The molecule has 106 valence electrons. The van der Waals surface area contributed by atoms with Crippen LogP contribution in [0.15, 0.2) is 35.3 Å². The summed E-state index contributed by atoms with van der Waals surface area (Å²) in [5.74, 6) is -1.78. The first-order valence-electron chi connectivity index (χ1n) is 5.92. The van der Waals surface area contributed by atoms with Gasteiger partial charge in [-0.25, -0.2) is 14.2 Å². The number of aromatic carboxylic acids is 1. The van der Waals surface area contributed by atoms with Gasteiger partial charge in [0, 0.05) is 25.0 Å². The van der Waals surface area contributed by atoms with Crippen molar-refractivity contribution in [3.63, 3.8) is 0 Å². The third-order valence-electron chi connectivity index (χ3n) is 2.76. The number of benzene rings is 1. The van der Waals surface area contributed by atoms with Crippen LogP contribution in [0.5, 0.6) is 0 Å². The maximum absolute atomic E-state index is 14.1. The van der Waals surface area contributed by atoms with Crippen LogP contribution in [0.1, 0.15) is 17.3 Å². The summed E-state index contributed by atoms with van der Waals surface area (Å²) in [6.45, 7) is 2.52. The Hall–Kier alpha value is -1.89. The monoisotopic (exact) mass is 341 g/mol. The Morgan fingerprint density at radius 3 is 2.95 bits per heavy atom. The van der Waals surface area contributed by atoms with Crippen LogP contribution in [0.2, 0.25) is 0 Å². The molecule has 0 aliphatic heterocycles. The number of carboxylic acid groups (broad SMARTS) is 1. The van der Waals surface area contributed by atoms with Gasteiger partial charge in [0.25, 0.3) is 0 Å². The average molecular weight is 342 g/mol. The van der Waals surface area contributed by atoms with Crippen LogP contribution in [0.3, 0.4) is 0 Å². The van der Waals surface area contributed by atoms with Gasteiger partial charge >= 0.3 is 5.97 Å². The van der Waals surface area contributed by atoms with E-state index < -0.39 is 11.8 Å². The Morgan fingerprint density at radius 1 is 1.60 bits per heavy atom. The van der Waals surface area contributed by atoms with Gasteiger partial charge in [-0.3, -0.25) is 0 Å². The van der Waals surface area contributed by atoms with E-state index in [2.05, 4.69) is 26.2 Å². The van der Waals surface area contributed by atoms with Crippen LogP contribution in [0.4, 0.5) is 10.1 Å². The van der Waals surface area contributed by atoms with Gasteiger partial charge in [0.2, 0.25) is 0 Å². The second kappa shape index (κ2) is 6.04. The summed E-state index contributed by atoms with van der Waals surface area (Å²) in [6, 6.07) is 2.75. The summed E-state index contributed by atoms with van der Waals surface area (Å²) >= 11 is 2.97. The van der Waals surface area contributed by atoms with E-state index >= 15 is 0 Å². The Kier molecular flexibility index (Phi) is 4.39. The molecule has 0 spiro atoms. The van der Waals surface area contributed by atoms with E-state index in [1.807, 2.05) is 17.7 Å². The van der Waals surface area contributed by atoms with E-state index in [9.17, 15) is 9.18 Å². The van der Waals surface area contributed by atoms with Crippen LogP contribution in [-0.4, -0.2) is 26.7 Å². The summed E-state index contributed by atoms with van der Waals surface area (Å²) in [5.41, 5.74) is 0.157. The summed E-state index contributed by atoms with van der Waals surface area (Å²) in [5, 5.41) is 11.9. The van der Waals surface area contributed by atoms with Crippen molar-refractivity contribution in [2.75, 3.05) is 5.32 Å². The number of nitrogens with zero attached hydrogens (tertiary/aromatic N) is 2. The lowest BCUT2D eigenvalue weighted by molar-refractivity contribution is 0.0695. The highest BCUT2D eigenvalue weighted by Gasteiger charge is 2.16. The van der Waals surface area contributed by atoms with Crippen LogP contribution in [-0.2, 0) is 6.54 Å². The number of carbonyl (C=O) groups is 1. The number of imidazole rings is 1. The Labute approximate surface area is 123 Å². The molecule has 2 rings (SSSR count). The summed E-state index contributed by atoms with van der Waals surface area (Å²) < 4.78 is 15.9. The van der Waals surface area contributed by atoms with Crippen molar-refractivity contribution < 1.29 is 14.3 Å². The van der Waals surface area contributed by atoms with Crippen LogP contribution >= 0.6 is 15.9 Å². The summed E-state index contributed by atoms with van der Waals surface area (Å²) in [7, 11) is 0. The molecule has 1 heterocycles. The van der Waals surface area contributed by atoms with Crippen molar-refractivity contribution in [2.24, 2.45) is 0 Å². The molecule has 0 bridgehead atoms. The molecular weight excluding hydrogens is 329 g/mol. The molecule has 0 aliphatic carbocycles. The Morgan fingerprint density at radius 2 is 2.35 bits per heavy atom. The number of anilines is 1.